The highest BCUT2D eigenvalue weighted by Gasteiger charge is 2.20. The van der Waals surface area contributed by atoms with Gasteiger partial charge in [0.1, 0.15) is 5.75 Å². The number of rotatable bonds is 7. The van der Waals surface area contributed by atoms with Crippen molar-refractivity contribution in [3.63, 3.8) is 0 Å². The second-order valence-electron chi connectivity index (χ2n) is 6.08. The molecule has 0 saturated carbocycles. The maximum Gasteiger partial charge on any atom is 0.119 e. The maximum atomic E-state index is 5.95. The Hall–Kier alpha value is -1.02. The zero-order valence-corrected chi connectivity index (χ0v) is 13.2. The SMILES string of the molecule is CCCNC1CCCc2ccc(OCC(C)CC)cc21. The van der Waals surface area contributed by atoms with Crippen molar-refractivity contribution >= 4 is 0 Å². The maximum absolute atomic E-state index is 5.95. The molecule has 0 amide bonds. The monoisotopic (exact) mass is 275 g/mol. The fourth-order valence-corrected chi connectivity index (χ4v) is 2.75. The second-order valence-corrected chi connectivity index (χ2v) is 6.08. The molecule has 0 radical (unpaired) electrons. The third-order valence-corrected chi connectivity index (χ3v) is 4.30. The van der Waals surface area contributed by atoms with Crippen molar-refractivity contribution in [2.24, 2.45) is 5.92 Å². The van der Waals surface area contributed by atoms with Gasteiger partial charge in [-0.2, -0.15) is 0 Å². The first-order chi connectivity index (χ1) is 9.74. The summed E-state index contributed by atoms with van der Waals surface area (Å²) in [6.45, 7) is 8.60. The lowest BCUT2D eigenvalue weighted by Gasteiger charge is -2.27. The van der Waals surface area contributed by atoms with Gasteiger partial charge in [0, 0.05) is 6.04 Å². The van der Waals surface area contributed by atoms with Gasteiger partial charge < -0.3 is 10.1 Å². The van der Waals surface area contributed by atoms with Crippen molar-refractivity contribution in [2.45, 2.75) is 58.9 Å². The number of nitrogens with one attached hydrogen (secondary N) is 1. The van der Waals surface area contributed by atoms with E-state index in [4.69, 9.17) is 4.74 Å². The van der Waals surface area contributed by atoms with E-state index in [2.05, 4.69) is 44.3 Å². The minimum Gasteiger partial charge on any atom is -0.493 e. The molecule has 2 nitrogen and oxygen atoms in total. The van der Waals surface area contributed by atoms with E-state index in [0.717, 1.165) is 18.9 Å². The van der Waals surface area contributed by atoms with E-state index in [1.807, 2.05) is 0 Å². The van der Waals surface area contributed by atoms with Crippen LogP contribution in [0.15, 0.2) is 18.2 Å². The summed E-state index contributed by atoms with van der Waals surface area (Å²) < 4.78 is 5.95. The number of benzene rings is 1. The first-order valence-corrected chi connectivity index (χ1v) is 8.23. The highest BCUT2D eigenvalue weighted by Crippen LogP contribution is 2.32. The smallest absolute Gasteiger partial charge is 0.119 e. The minimum absolute atomic E-state index is 0.519. The molecule has 2 rings (SSSR count). The lowest BCUT2D eigenvalue weighted by Crippen LogP contribution is -2.25. The predicted octanol–water partition coefficient (Wildman–Crippen LogP) is 4.49. The molecular formula is C18H29NO. The van der Waals surface area contributed by atoms with Crippen LogP contribution < -0.4 is 10.1 Å². The second kappa shape index (κ2) is 7.68. The summed E-state index contributed by atoms with van der Waals surface area (Å²) >= 11 is 0. The molecule has 0 spiro atoms. The molecule has 1 aromatic rings. The Labute approximate surface area is 123 Å². The summed E-state index contributed by atoms with van der Waals surface area (Å²) in [5, 5.41) is 3.68. The lowest BCUT2D eigenvalue weighted by atomic mass is 9.87. The van der Waals surface area contributed by atoms with Crippen LogP contribution in [-0.2, 0) is 6.42 Å². The molecule has 0 aliphatic heterocycles. The molecular weight excluding hydrogens is 246 g/mol. The number of hydrogen-bond acceptors (Lipinski definition) is 2. The van der Waals surface area contributed by atoms with E-state index in [-0.39, 0.29) is 0 Å². The van der Waals surface area contributed by atoms with Gasteiger partial charge in [-0.25, -0.2) is 0 Å². The van der Waals surface area contributed by atoms with Gasteiger partial charge in [0.25, 0.3) is 0 Å². The van der Waals surface area contributed by atoms with Gasteiger partial charge in [0.05, 0.1) is 6.61 Å². The molecule has 0 aromatic heterocycles. The van der Waals surface area contributed by atoms with E-state index in [1.54, 1.807) is 0 Å². The van der Waals surface area contributed by atoms with Crippen LogP contribution in [0.5, 0.6) is 5.75 Å². The molecule has 20 heavy (non-hydrogen) atoms. The van der Waals surface area contributed by atoms with Gasteiger partial charge in [-0.1, -0.05) is 33.3 Å². The number of ether oxygens (including phenoxy) is 1. The van der Waals surface area contributed by atoms with Crippen molar-refractivity contribution in [1.82, 2.24) is 5.32 Å². The van der Waals surface area contributed by atoms with Gasteiger partial charge >= 0.3 is 0 Å². The van der Waals surface area contributed by atoms with Crippen molar-refractivity contribution in [3.8, 4) is 5.75 Å². The van der Waals surface area contributed by atoms with E-state index in [1.165, 1.54) is 43.2 Å². The summed E-state index contributed by atoms with van der Waals surface area (Å²) in [4.78, 5) is 0. The highest BCUT2D eigenvalue weighted by molar-refractivity contribution is 5.39. The summed E-state index contributed by atoms with van der Waals surface area (Å²) in [6, 6.07) is 7.19. The van der Waals surface area contributed by atoms with E-state index < -0.39 is 0 Å². The van der Waals surface area contributed by atoms with Gasteiger partial charge in [0.2, 0.25) is 0 Å². The van der Waals surface area contributed by atoms with Gasteiger partial charge in [-0.15, -0.1) is 0 Å². The quantitative estimate of drug-likeness (QED) is 0.791. The van der Waals surface area contributed by atoms with Crippen LogP contribution in [0.4, 0.5) is 0 Å². The van der Waals surface area contributed by atoms with Crippen molar-refractivity contribution in [1.29, 1.82) is 0 Å². The summed E-state index contributed by atoms with van der Waals surface area (Å²) in [5.74, 6) is 1.66. The van der Waals surface area contributed by atoms with Crippen LogP contribution in [0.25, 0.3) is 0 Å². The van der Waals surface area contributed by atoms with Crippen LogP contribution in [-0.4, -0.2) is 13.2 Å². The van der Waals surface area contributed by atoms with Gasteiger partial charge in [-0.05, 0) is 61.4 Å². The molecule has 2 unspecified atom stereocenters. The average molecular weight is 275 g/mol. The number of hydrogen-bond donors (Lipinski definition) is 1. The van der Waals surface area contributed by atoms with Crippen LogP contribution in [0.2, 0.25) is 0 Å². The van der Waals surface area contributed by atoms with Crippen LogP contribution in [0.3, 0.4) is 0 Å². The topological polar surface area (TPSA) is 21.3 Å². The summed E-state index contributed by atoms with van der Waals surface area (Å²) in [7, 11) is 0. The zero-order chi connectivity index (χ0) is 14.4. The first kappa shape index (κ1) is 15.4. The Morgan fingerprint density at radius 3 is 2.95 bits per heavy atom. The Kier molecular flexibility index (Phi) is 5.90. The van der Waals surface area contributed by atoms with Crippen molar-refractivity contribution in [3.05, 3.63) is 29.3 Å². The molecule has 112 valence electrons. The summed E-state index contributed by atoms with van der Waals surface area (Å²) in [5.41, 5.74) is 2.96. The normalized spacial score (nSPS) is 19.4. The molecule has 0 saturated heterocycles. The largest absolute Gasteiger partial charge is 0.493 e. The minimum atomic E-state index is 0.519. The Bertz CT molecular complexity index is 416. The third kappa shape index (κ3) is 3.99. The van der Waals surface area contributed by atoms with Gasteiger partial charge in [-0.3, -0.25) is 0 Å². The standard InChI is InChI=1S/C18H29NO/c1-4-11-19-18-8-6-7-15-9-10-16(12-17(15)18)20-13-14(3)5-2/h9-10,12,14,18-19H,4-8,11,13H2,1-3H3. The molecule has 0 fully saturated rings. The zero-order valence-electron chi connectivity index (χ0n) is 13.2. The van der Waals surface area contributed by atoms with E-state index in [0.29, 0.717) is 12.0 Å². The molecule has 0 bridgehead atoms. The average Bonchev–Trinajstić information content (AvgIpc) is 2.50. The molecule has 1 aliphatic carbocycles. The molecule has 0 heterocycles. The third-order valence-electron chi connectivity index (χ3n) is 4.30. The highest BCUT2D eigenvalue weighted by atomic mass is 16.5. The van der Waals surface area contributed by atoms with Crippen molar-refractivity contribution < 1.29 is 4.74 Å². The van der Waals surface area contributed by atoms with E-state index in [9.17, 15) is 0 Å². The van der Waals surface area contributed by atoms with E-state index >= 15 is 0 Å². The Morgan fingerprint density at radius 2 is 2.20 bits per heavy atom. The Morgan fingerprint density at radius 1 is 1.35 bits per heavy atom. The predicted molar refractivity (Wildman–Crippen MR) is 85.4 cm³/mol. The molecule has 1 aromatic carbocycles. The molecule has 1 N–H and O–H groups in total. The van der Waals surface area contributed by atoms with Crippen LogP contribution >= 0.6 is 0 Å². The number of aryl methyl sites for hydroxylation is 1. The van der Waals surface area contributed by atoms with Gasteiger partial charge in [0.15, 0.2) is 0 Å². The van der Waals surface area contributed by atoms with Crippen molar-refractivity contribution in [2.75, 3.05) is 13.2 Å². The number of fused-ring (bicyclic) bond motifs is 1. The van der Waals surface area contributed by atoms with Crippen LogP contribution in [0, 0.1) is 5.92 Å². The molecule has 1 aliphatic rings. The van der Waals surface area contributed by atoms with Crippen LogP contribution in [0.1, 0.15) is 63.6 Å². The Balaban J connectivity index is 2.06. The molecule has 2 atom stereocenters. The molecule has 2 heteroatoms. The summed E-state index contributed by atoms with van der Waals surface area (Å²) in [6.07, 6.45) is 6.12. The lowest BCUT2D eigenvalue weighted by molar-refractivity contribution is 0.256. The fraction of sp³-hybridized carbons (Fsp3) is 0.667. The fourth-order valence-electron chi connectivity index (χ4n) is 2.75. The first-order valence-electron chi connectivity index (χ1n) is 8.23.